The number of thioether (sulfide) groups is 1. The number of ether oxygens (including phenoxy) is 1. The molecular weight excluding hydrogens is 346 g/mol. The van der Waals surface area contributed by atoms with Crippen molar-refractivity contribution < 1.29 is 4.74 Å². The van der Waals surface area contributed by atoms with E-state index < -0.39 is 0 Å². The van der Waals surface area contributed by atoms with E-state index in [4.69, 9.17) is 10.5 Å². The molecule has 0 aliphatic rings. The van der Waals surface area contributed by atoms with E-state index in [0.29, 0.717) is 0 Å². The molecule has 2 aromatic carbocycles. The zero-order valence-corrected chi connectivity index (χ0v) is 14.7. The molecule has 0 aliphatic carbocycles. The number of hydrogen-bond donors (Lipinski definition) is 1. The largest absolute Gasteiger partial charge is 0.496 e. The second kappa shape index (κ2) is 7.87. The summed E-state index contributed by atoms with van der Waals surface area (Å²) >= 11 is 5.27. The highest BCUT2D eigenvalue weighted by molar-refractivity contribution is 9.10. The first-order valence-electron chi connectivity index (χ1n) is 6.86. The van der Waals surface area contributed by atoms with Crippen molar-refractivity contribution in [3.05, 3.63) is 58.1 Å². The summed E-state index contributed by atoms with van der Waals surface area (Å²) in [6.45, 7) is 2.09. The average molecular weight is 366 g/mol. The van der Waals surface area contributed by atoms with Crippen molar-refractivity contribution >= 4 is 27.7 Å². The minimum Gasteiger partial charge on any atom is -0.496 e. The number of halogens is 1. The summed E-state index contributed by atoms with van der Waals surface area (Å²) in [6, 6.07) is 14.6. The van der Waals surface area contributed by atoms with Crippen LogP contribution in [0.5, 0.6) is 5.75 Å². The van der Waals surface area contributed by atoms with Gasteiger partial charge in [-0.25, -0.2) is 0 Å². The number of methoxy groups -OCH3 is 1. The quantitative estimate of drug-likeness (QED) is 0.769. The van der Waals surface area contributed by atoms with Crippen LogP contribution in [0.15, 0.2) is 51.8 Å². The fourth-order valence-corrected chi connectivity index (χ4v) is 3.63. The van der Waals surface area contributed by atoms with Crippen molar-refractivity contribution in [2.24, 2.45) is 5.73 Å². The van der Waals surface area contributed by atoms with Gasteiger partial charge in [-0.1, -0.05) is 39.7 Å². The summed E-state index contributed by atoms with van der Waals surface area (Å²) in [4.78, 5) is 1.23. The lowest BCUT2D eigenvalue weighted by Crippen LogP contribution is -2.25. The highest BCUT2D eigenvalue weighted by Crippen LogP contribution is 2.25. The average Bonchev–Trinajstić information content (AvgIpc) is 2.45. The Bertz CT molecular complexity index is 603. The number of hydrogen-bond acceptors (Lipinski definition) is 3. The molecule has 0 heterocycles. The fraction of sp³-hybridized carbons (Fsp3) is 0.294. The molecule has 0 aliphatic heterocycles. The SMILES string of the molecule is COc1ccc(C)cc1CC(N)CSc1cccc(Br)c1. The lowest BCUT2D eigenvalue weighted by Gasteiger charge is -2.15. The van der Waals surface area contributed by atoms with Crippen molar-refractivity contribution in [1.29, 1.82) is 0 Å². The van der Waals surface area contributed by atoms with Crippen LogP contribution in [-0.2, 0) is 6.42 Å². The van der Waals surface area contributed by atoms with Crippen molar-refractivity contribution in [2.75, 3.05) is 12.9 Å². The van der Waals surface area contributed by atoms with E-state index in [1.807, 2.05) is 18.2 Å². The van der Waals surface area contributed by atoms with Crippen molar-refractivity contribution in [1.82, 2.24) is 0 Å². The highest BCUT2D eigenvalue weighted by atomic mass is 79.9. The Kier molecular flexibility index (Phi) is 6.15. The Morgan fingerprint density at radius 1 is 1.24 bits per heavy atom. The number of rotatable bonds is 6. The van der Waals surface area contributed by atoms with Gasteiger partial charge >= 0.3 is 0 Å². The van der Waals surface area contributed by atoms with Crippen LogP contribution in [-0.4, -0.2) is 18.9 Å². The van der Waals surface area contributed by atoms with E-state index in [1.54, 1.807) is 18.9 Å². The molecular formula is C17H20BrNOS. The molecule has 0 bridgehead atoms. The van der Waals surface area contributed by atoms with Gasteiger partial charge in [-0.15, -0.1) is 11.8 Å². The second-order valence-electron chi connectivity index (χ2n) is 5.05. The van der Waals surface area contributed by atoms with Crippen LogP contribution in [0.3, 0.4) is 0 Å². The third-order valence-corrected chi connectivity index (χ3v) is 4.85. The van der Waals surface area contributed by atoms with Crippen molar-refractivity contribution in [2.45, 2.75) is 24.3 Å². The molecule has 4 heteroatoms. The zero-order chi connectivity index (χ0) is 15.2. The Hall–Kier alpha value is -0.970. The summed E-state index contributed by atoms with van der Waals surface area (Å²) in [6.07, 6.45) is 0.825. The summed E-state index contributed by atoms with van der Waals surface area (Å²) in [5, 5.41) is 0. The summed E-state index contributed by atoms with van der Waals surface area (Å²) in [5.74, 6) is 1.80. The van der Waals surface area contributed by atoms with E-state index in [2.05, 4.69) is 47.1 Å². The summed E-state index contributed by atoms with van der Waals surface area (Å²) < 4.78 is 6.51. The Labute approximate surface area is 139 Å². The zero-order valence-electron chi connectivity index (χ0n) is 12.3. The van der Waals surface area contributed by atoms with Crippen LogP contribution in [0.1, 0.15) is 11.1 Å². The van der Waals surface area contributed by atoms with Gasteiger partial charge in [-0.2, -0.15) is 0 Å². The van der Waals surface area contributed by atoms with Gasteiger partial charge in [-0.05, 0) is 43.2 Å². The molecule has 0 spiro atoms. The molecule has 2 rings (SSSR count). The molecule has 21 heavy (non-hydrogen) atoms. The minimum absolute atomic E-state index is 0.102. The lowest BCUT2D eigenvalue weighted by atomic mass is 10.0. The van der Waals surface area contributed by atoms with E-state index in [9.17, 15) is 0 Å². The van der Waals surface area contributed by atoms with Crippen LogP contribution in [0.4, 0.5) is 0 Å². The van der Waals surface area contributed by atoms with Crippen LogP contribution >= 0.6 is 27.7 Å². The van der Waals surface area contributed by atoms with E-state index in [1.165, 1.54) is 16.0 Å². The van der Waals surface area contributed by atoms with E-state index in [0.717, 1.165) is 22.4 Å². The molecule has 1 unspecified atom stereocenters. The van der Waals surface area contributed by atoms with E-state index in [-0.39, 0.29) is 6.04 Å². The molecule has 0 fully saturated rings. The smallest absolute Gasteiger partial charge is 0.122 e. The summed E-state index contributed by atoms with van der Waals surface area (Å²) in [5.41, 5.74) is 8.69. The third kappa shape index (κ3) is 5.06. The third-order valence-electron chi connectivity index (χ3n) is 3.18. The molecule has 0 aromatic heterocycles. The van der Waals surface area contributed by atoms with Gasteiger partial charge in [0.2, 0.25) is 0 Å². The van der Waals surface area contributed by atoms with Gasteiger partial charge in [0.25, 0.3) is 0 Å². The molecule has 112 valence electrons. The molecule has 2 aromatic rings. The minimum atomic E-state index is 0.102. The van der Waals surface area contributed by atoms with Crippen molar-refractivity contribution in [3.8, 4) is 5.75 Å². The number of aryl methyl sites for hydroxylation is 1. The normalized spacial score (nSPS) is 12.2. The second-order valence-corrected chi connectivity index (χ2v) is 7.06. The Balaban J connectivity index is 1.95. The van der Waals surface area contributed by atoms with Crippen LogP contribution in [0.2, 0.25) is 0 Å². The molecule has 1 atom stereocenters. The topological polar surface area (TPSA) is 35.2 Å². The van der Waals surface area contributed by atoms with E-state index >= 15 is 0 Å². The van der Waals surface area contributed by atoms with Crippen LogP contribution in [0.25, 0.3) is 0 Å². The first-order valence-corrected chi connectivity index (χ1v) is 8.64. The predicted molar refractivity (Wildman–Crippen MR) is 94.3 cm³/mol. The fourth-order valence-electron chi connectivity index (χ4n) is 2.17. The number of benzene rings is 2. The maximum Gasteiger partial charge on any atom is 0.122 e. The standard InChI is InChI=1S/C17H20BrNOS/c1-12-6-7-17(20-2)13(8-12)9-15(19)11-21-16-5-3-4-14(18)10-16/h3-8,10,15H,9,11,19H2,1-2H3. The molecule has 2 nitrogen and oxygen atoms in total. The van der Waals surface area contributed by atoms with Gasteiger partial charge in [0.15, 0.2) is 0 Å². The lowest BCUT2D eigenvalue weighted by molar-refractivity contribution is 0.408. The molecule has 0 amide bonds. The molecule has 0 radical (unpaired) electrons. The van der Waals surface area contributed by atoms with Gasteiger partial charge < -0.3 is 10.5 Å². The predicted octanol–water partition coefficient (Wildman–Crippen LogP) is 4.43. The van der Waals surface area contributed by atoms with Crippen LogP contribution < -0.4 is 10.5 Å². The maximum atomic E-state index is 6.28. The summed E-state index contributed by atoms with van der Waals surface area (Å²) in [7, 11) is 1.70. The molecule has 0 saturated heterocycles. The highest BCUT2D eigenvalue weighted by Gasteiger charge is 2.10. The van der Waals surface area contributed by atoms with Gasteiger partial charge in [0, 0.05) is 21.2 Å². The molecule has 0 saturated carbocycles. The Morgan fingerprint density at radius 3 is 2.76 bits per heavy atom. The van der Waals surface area contributed by atoms with Gasteiger partial charge in [-0.3, -0.25) is 0 Å². The maximum absolute atomic E-state index is 6.28. The van der Waals surface area contributed by atoms with Gasteiger partial charge in [0.1, 0.15) is 5.75 Å². The first kappa shape index (κ1) is 16.4. The van der Waals surface area contributed by atoms with Gasteiger partial charge in [0.05, 0.1) is 7.11 Å². The number of nitrogens with two attached hydrogens (primary N) is 1. The monoisotopic (exact) mass is 365 g/mol. The Morgan fingerprint density at radius 2 is 2.05 bits per heavy atom. The van der Waals surface area contributed by atoms with Crippen LogP contribution in [0, 0.1) is 6.92 Å². The molecule has 2 N–H and O–H groups in total. The first-order chi connectivity index (χ1) is 10.1. The van der Waals surface area contributed by atoms with Crippen molar-refractivity contribution in [3.63, 3.8) is 0 Å².